The lowest BCUT2D eigenvalue weighted by Crippen LogP contribution is -2.13. The molecule has 0 N–H and O–H groups in total. The second-order valence-corrected chi connectivity index (χ2v) is 9.46. The van der Waals surface area contributed by atoms with Crippen LogP contribution in [0.25, 0.3) is 11.1 Å². The van der Waals surface area contributed by atoms with E-state index in [9.17, 15) is 4.39 Å². The predicted octanol–water partition coefficient (Wildman–Crippen LogP) is 9.47. The molecule has 3 rings (SSSR count). The molecule has 0 saturated heterocycles. The van der Waals surface area contributed by atoms with Crippen molar-refractivity contribution in [3.8, 4) is 11.1 Å². The molecule has 2 aromatic rings. The van der Waals surface area contributed by atoms with Crippen LogP contribution in [0.2, 0.25) is 0 Å². The zero-order chi connectivity index (χ0) is 21.2. The molecule has 0 radical (unpaired) electrons. The first-order valence-electron chi connectivity index (χ1n) is 12.6. The number of rotatable bonds is 11. The van der Waals surface area contributed by atoms with Crippen LogP contribution in [0.1, 0.15) is 108 Å². The Morgan fingerprint density at radius 1 is 0.767 bits per heavy atom. The standard InChI is InChI=1S/C29H41F/c1-3-5-6-7-8-9-11-24-14-21-28(29(30)22-24)27-19-17-26(18-20-27)25-15-12-23(10-4-2)13-16-25/h14,17-23,25H,3-13,15-16H2,1-2H3/t23-,25-. The van der Waals surface area contributed by atoms with Gasteiger partial charge >= 0.3 is 0 Å². The molecule has 0 spiro atoms. The second kappa shape index (κ2) is 12.3. The Balaban J connectivity index is 1.53. The van der Waals surface area contributed by atoms with E-state index in [1.165, 1.54) is 76.2 Å². The van der Waals surface area contributed by atoms with Gasteiger partial charge in [0.2, 0.25) is 0 Å². The van der Waals surface area contributed by atoms with Crippen LogP contribution in [0.5, 0.6) is 0 Å². The lowest BCUT2D eigenvalue weighted by atomic mass is 9.77. The summed E-state index contributed by atoms with van der Waals surface area (Å²) < 4.78 is 14.8. The maximum absolute atomic E-state index is 14.8. The quantitative estimate of drug-likeness (QED) is 0.325. The fourth-order valence-electron chi connectivity index (χ4n) is 5.19. The van der Waals surface area contributed by atoms with Gasteiger partial charge in [0.15, 0.2) is 0 Å². The van der Waals surface area contributed by atoms with E-state index >= 15 is 0 Å². The summed E-state index contributed by atoms with van der Waals surface area (Å²) in [6, 6.07) is 14.6. The third-order valence-corrected chi connectivity index (χ3v) is 7.09. The summed E-state index contributed by atoms with van der Waals surface area (Å²) in [5.74, 6) is 1.55. The molecule has 2 aromatic carbocycles. The topological polar surface area (TPSA) is 0 Å². The largest absolute Gasteiger partial charge is 0.206 e. The van der Waals surface area contributed by atoms with Gasteiger partial charge in [0.25, 0.3) is 0 Å². The Morgan fingerprint density at radius 2 is 1.47 bits per heavy atom. The van der Waals surface area contributed by atoms with Crippen LogP contribution in [-0.2, 0) is 6.42 Å². The van der Waals surface area contributed by atoms with Gasteiger partial charge in [0.05, 0.1) is 0 Å². The fraction of sp³-hybridized carbons (Fsp3) is 0.586. The zero-order valence-corrected chi connectivity index (χ0v) is 19.3. The van der Waals surface area contributed by atoms with Crippen LogP contribution < -0.4 is 0 Å². The Bertz CT molecular complexity index is 737. The highest BCUT2D eigenvalue weighted by Gasteiger charge is 2.21. The van der Waals surface area contributed by atoms with Crippen LogP contribution in [0.4, 0.5) is 4.39 Å². The smallest absolute Gasteiger partial charge is 0.131 e. The lowest BCUT2D eigenvalue weighted by molar-refractivity contribution is 0.308. The van der Waals surface area contributed by atoms with Crippen LogP contribution in [0, 0.1) is 11.7 Å². The van der Waals surface area contributed by atoms with Crippen molar-refractivity contribution in [2.24, 2.45) is 5.92 Å². The summed E-state index contributed by atoms with van der Waals surface area (Å²) in [6.07, 6.45) is 16.7. The zero-order valence-electron chi connectivity index (χ0n) is 19.3. The lowest BCUT2D eigenvalue weighted by Gasteiger charge is -2.28. The van der Waals surface area contributed by atoms with Crippen molar-refractivity contribution in [3.05, 3.63) is 59.4 Å². The Morgan fingerprint density at radius 3 is 2.13 bits per heavy atom. The molecule has 0 amide bonds. The molecule has 1 fully saturated rings. The summed E-state index contributed by atoms with van der Waals surface area (Å²) in [4.78, 5) is 0. The second-order valence-electron chi connectivity index (χ2n) is 9.46. The first kappa shape index (κ1) is 23.0. The van der Waals surface area contributed by atoms with Gasteiger partial charge in [-0.2, -0.15) is 0 Å². The highest BCUT2D eigenvalue weighted by Crippen LogP contribution is 2.38. The molecule has 1 aliphatic carbocycles. The molecule has 0 heterocycles. The van der Waals surface area contributed by atoms with Gasteiger partial charge < -0.3 is 0 Å². The molecule has 0 bridgehead atoms. The maximum Gasteiger partial charge on any atom is 0.131 e. The minimum Gasteiger partial charge on any atom is -0.206 e. The third kappa shape index (κ3) is 6.69. The van der Waals surface area contributed by atoms with Gasteiger partial charge in [-0.3, -0.25) is 0 Å². The van der Waals surface area contributed by atoms with Gasteiger partial charge in [-0.1, -0.05) is 95.2 Å². The predicted molar refractivity (Wildman–Crippen MR) is 129 cm³/mol. The van der Waals surface area contributed by atoms with Crippen molar-refractivity contribution >= 4 is 0 Å². The first-order chi connectivity index (χ1) is 14.7. The molecule has 1 saturated carbocycles. The molecule has 0 atom stereocenters. The van der Waals surface area contributed by atoms with Crippen molar-refractivity contribution < 1.29 is 4.39 Å². The van der Waals surface area contributed by atoms with E-state index < -0.39 is 0 Å². The van der Waals surface area contributed by atoms with Crippen molar-refractivity contribution in [1.82, 2.24) is 0 Å². The van der Waals surface area contributed by atoms with Gasteiger partial charge in [0, 0.05) is 5.56 Å². The monoisotopic (exact) mass is 408 g/mol. The van der Waals surface area contributed by atoms with Crippen molar-refractivity contribution in [1.29, 1.82) is 0 Å². The molecular formula is C29H41F. The molecule has 0 aromatic heterocycles. The third-order valence-electron chi connectivity index (χ3n) is 7.09. The number of aryl methyl sites for hydroxylation is 1. The molecule has 0 aliphatic heterocycles. The van der Waals surface area contributed by atoms with Gasteiger partial charge in [0.1, 0.15) is 5.82 Å². The summed E-state index contributed by atoms with van der Waals surface area (Å²) in [7, 11) is 0. The Labute approximate surface area is 184 Å². The van der Waals surface area contributed by atoms with E-state index in [0.29, 0.717) is 5.92 Å². The Kier molecular flexibility index (Phi) is 9.43. The number of halogens is 1. The number of unbranched alkanes of at least 4 members (excludes halogenated alkanes) is 5. The number of hydrogen-bond donors (Lipinski definition) is 0. The molecule has 1 heteroatoms. The normalized spacial score (nSPS) is 19.2. The van der Waals surface area contributed by atoms with Crippen LogP contribution in [0.15, 0.2) is 42.5 Å². The van der Waals surface area contributed by atoms with E-state index in [1.54, 1.807) is 6.07 Å². The fourth-order valence-corrected chi connectivity index (χ4v) is 5.19. The maximum atomic E-state index is 14.8. The molecule has 0 nitrogen and oxygen atoms in total. The van der Waals surface area contributed by atoms with Crippen molar-refractivity contribution in [2.45, 2.75) is 103 Å². The van der Waals surface area contributed by atoms with E-state index in [-0.39, 0.29) is 5.82 Å². The molecule has 30 heavy (non-hydrogen) atoms. The van der Waals surface area contributed by atoms with Gasteiger partial charge in [-0.15, -0.1) is 0 Å². The molecule has 0 unspecified atom stereocenters. The summed E-state index contributed by atoms with van der Waals surface area (Å²) in [5, 5.41) is 0. The molecular weight excluding hydrogens is 367 g/mol. The highest BCUT2D eigenvalue weighted by atomic mass is 19.1. The summed E-state index contributed by atoms with van der Waals surface area (Å²) in [5.41, 5.74) is 4.31. The van der Waals surface area contributed by atoms with Crippen LogP contribution in [0.3, 0.4) is 0 Å². The highest BCUT2D eigenvalue weighted by molar-refractivity contribution is 5.65. The van der Waals surface area contributed by atoms with Gasteiger partial charge in [-0.05, 0) is 73.1 Å². The average Bonchev–Trinajstić information content (AvgIpc) is 2.77. The summed E-state index contributed by atoms with van der Waals surface area (Å²) >= 11 is 0. The summed E-state index contributed by atoms with van der Waals surface area (Å²) in [6.45, 7) is 4.54. The van der Waals surface area contributed by atoms with E-state index in [1.807, 2.05) is 6.07 Å². The minimum absolute atomic E-state index is 0.0775. The van der Waals surface area contributed by atoms with Crippen LogP contribution >= 0.6 is 0 Å². The molecule has 164 valence electrons. The first-order valence-corrected chi connectivity index (χ1v) is 12.6. The van der Waals surface area contributed by atoms with E-state index in [2.05, 4.69) is 44.2 Å². The number of benzene rings is 2. The minimum atomic E-state index is -0.0775. The van der Waals surface area contributed by atoms with Crippen molar-refractivity contribution in [3.63, 3.8) is 0 Å². The SMILES string of the molecule is CCCCCCCCc1ccc(-c2ccc([C@H]3CC[C@H](CCC)CC3)cc2)c(F)c1. The van der Waals surface area contributed by atoms with Crippen molar-refractivity contribution in [2.75, 3.05) is 0 Å². The van der Waals surface area contributed by atoms with Crippen LogP contribution in [-0.4, -0.2) is 0 Å². The Hall–Kier alpha value is -1.63. The van der Waals surface area contributed by atoms with Gasteiger partial charge in [-0.25, -0.2) is 4.39 Å². The van der Waals surface area contributed by atoms with E-state index in [4.69, 9.17) is 0 Å². The number of hydrogen-bond acceptors (Lipinski definition) is 0. The molecule has 1 aliphatic rings. The van der Waals surface area contributed by atoms with E-state index in [0.717, 1.165) is 35.4 Å². The average molecular weight is 409 g/mol.